The molecule has 13 heteroatoms. The van der Waals surface area contributed by atoms with E-state index < -0.39 is 28.0 Å². The minimum atomic E-state index is -4.19. The zero-order valence-corrected chi connectivity index (χ0v) is 28.2. The summed E-state index contributed by atoms with van der Waals surface area (Å²) in [4.78, 5) is 39.9. The first-order chi connectivity index (χ1) is 21.9. The number of anilines is 1. The lowest BCUT2D eigenvalue weighted by atomic mass is 10.1. The van der Waals surface area contributed by atoms with Crippen LogP contribution in [0.3, 0.4) is 0 Å². The van der Waals surface area contributed by atoms with Gasteiger partial charge in [0.25, 0.3) is 11.8 Å². The molecule has 0 unspecified atom stereocenters. The fourth-order valence-corrected chi connectivity index (χ4v) is 6.34. The van der Waals surface area contributed by atoms with Crippen molar-refractivity contribution in [1.82, 2.24) is 5.32 Å². The number of amides is 4. The molecular weight excluding hydrogens is 747 g/mol. The molecule has 236 valence electrons. The van der Waals surface area contributed by atoms with Crippen molar-refractivity contribution >= 4 is 73.9 Å². The molecule has 4 aromatic rings. The number of aryl methyl sites for hydroxylation is 1. The summed E-state index contributed by atoms with van der Waals surface area (Å²) in [6.45, 7) is 4.01. The molecule has 0 saturated carbocycles. The van der Waals surface area contributed by atoms with Crippen LogP contribution in [0.4, 0.5) is 10.5 Å². The fourth-order valence-electron chi connectivity index (χ4n) is 4.38. The molecule has 1 fully saturated rings. The molecule has 0 aromatic heterocycles. The molecule has 0 spiro atoms. The molecule has 1 aliphatic heterocycles. The average molecular weight is 773 g/mol. The van der Waals surface area contributed by atoms with E-state index >= 15 is 0 Å². The average Bonchev–Trinajstić information content (AvgIpc) is 3.01. The van der Waals surface area contributed by atoms with Crippen molar-refractivity contribution in [1.29, 1.82) is 0 Å². The predicted octanol–water partition coefficient (Wildman–Crippen LogP) is 6.66. The summed E-state index contributed by atoms with van der Waals surface area (Å²) >= 11 is 7.81. The van der Waals surface area contributed by atoms with Crippen molar-refractivity contribution in [3.63, 3.8) is 0 Å². The topological polar surface area (TPSA) is 128 Å². The maximum atomic E-state index is 13.5. The van der Waals surface area contributed by atoms with Gasteiger partial charge in [0.1, 0.15) is 22.8 Å². The number of nitrogens with one attached hydrogen (secondary N) is 1. The number of halogens is 2. The van der Waals surface area contributed by atoms with Gasteiger partial charge in [-0.3, -0.25) is 14.9 Å². The highest BCUT2D eigenvalue weighted by molar-refractivity contribution is 14.1. The lowest BCUT2D eigenvalue weighted by Gasteiger charge is -2.26. The van der Waals surface area contributed by atoms with Gasteiger partial charge in [0.05, 0.1) is 15.9 Å². The fraction of sp³-hybridized carbons (Fsp3) is 0.121. The van der Waals surface area contributed by atoms with Gasteiger partial charge in [-0.1, -0.05) is 41.4 Å². The third-order valence-corrected chi connectivity index (χ3v) is 8.95. The van der Waals surface area contributed by atoms with Crippen molar-refractivity contribution in [2.45, 2.75) is 25.3 Å². The van der Waals surface area contributed by atoms with Gasteiger partial charge >= 0.3 is 16.1 Å². The highest BCUT2D eigenvalue weighted by Gasteiger charge is 2.37. The Morgan fingerprint density at radius 1 is 0.913 bits per heavy atom. The molecule has 10 nitrogen and oxygen atoms in total. The Labute approximate surface area is 284 Å². The lowest BCUT2D eigenvalue weighted by molar-refractivity contribution is -0.122. The van der Waals surface area contributed by atoms with Crippen LogP contribution in [-0.4, -0.2) is 32.9 Å². The van der Waals surface area contributed by atoms with Gasteiger partial charge in [-0.05, 0) is 114 Å². The first-order valence-electron chi connectivity index (χ1n) is 13.8. The molecule has 0 bridgehead atoms. The molecule has 46 heavy (non-hydrogen) atoms. The van der Waals surface area contributed by atoms with Crippen molar-refractivity contribution in [2.75, 3.05) is 11.5 Å². The predicted molar refractivity (Wildman–Crippen MR) is 181 cm³/mol. The van der Waals surface area contributed by atoms with Gasteiger partial charge < -0.3 is 13.7 Å². The van der Waals surface area contributed by atoms with Gasteiger partial charge in [0.2, 0.25) is 0 Å². The monoisotopic (exact) mass is 772 g/mol. The second-order valence-electron chi connectivity index (χ2n) is 9.98. The van der Waals surface area contributed by atoms with Crippen molar-refractivity contribution in [2.24, 2.45) is 0 Å². The number of hydrogen-bond donors (Lipinski definition) is 1. The van der Waals surface area contributed by atoms with E-state index in [4.69, 9.17) is 25.3 Å². The summed E-state index contributed by atoms with van der Waals surface area (Å²) in [5, 5.41) is 2.81. The Bertz CT molecular complexity index is 1950. The zero-order chi connectivity index (χ0) is 33.0. The van der Waals surface area contributed by atoms with Crippen molar-refractivity contribution < 1.29 is 36.5 Å². The minimum absolute atomic E-state index is 0.0297. The van der Waals surface area contributed by atoms with E-state index in [9.17, 15) is 22.8 Å². The standard InChI is InChI=1S/C33H26ClIN2O8S/c1-3-43-29-18-22(17-28(35)30(29)45-46(41,42)26-14-4-20(2)5-15-26)16-27-31(38)36-33(40)37(32(27)39)24-10-12-25(13-11-24)44-19-21-6-8-23(34)9-7-21/h4-18H,3,19H2,1-2H3,(H,36,38,40)/b27-16+. The highest BCUT2D eigenvalue weighted by atomic mass is 127. The Balaban J connectivity index is 1.39. The van der Waals surface area contributed by atoms with Crippen LogP contribution < -0.4 is 23.9 Å². The normalized spacial score (nSPS) is 14.3. The third-order valence-electron chi connectivity index (χ3n) is 6.66. The molecule has 4 amide bonds. The maximum Gasteiger partial charge on any atom is 0.339 e. The van der Waals surface area contributed by atoms with Crippen molar-refractivity contribution in [3.05, 3.63) is 116 Å². The van der Waals surface area contributed by atoms with Crippen molar-refractivity contribution in [3.8, 4) is 17.2 Å². The first kappa shape index (κ1) is 33.0. The number of nitrogens with zero attached hydrogens (tertiary/aromatic N) is 1. The SMILES string of the molecule is CCOc1cc(/C=C2\C(=O)NC(=O)N(c3ccc(OCc4ccc(Cl)cc4)cc3)C2=O)cc(I)c1OS(=O)(=O)c1ccc(C)cc1. The number of imide groups is 2. The van der Waals surface area contributed by atoms with Crippen LogP contribution >= 0.6 is 34.2 Å². The molecule has 0 atom stereocenters. The number of benzene rings is 4. The quantitative estimate of drug-likeness (QED) is 0.0821. The smallest absolute Gasteiger partial charge is 0.339 e. The summed E-state index contributed by atoms with van der Waals surface area (Å²) in [5.41, 5.74) is 2.03. The molecule has 0 aliphatic carbocycles. The maximum absolute atomic E-state index is 13.5. The Morgan fingerprint density at radius 3 is 2.24 bits per heavy atom. The summed E-state index contributed by atoms with van der Waals surface area (Å²) < 4.78 is 43.3. The van der Waals surface area contributed by atoms with E-state index in [1.807, 2.05) is 41.6 Å². The van der Waals surface area contributed by atoms with Crippen LogP contribution in [0.2, 0.25) is 5.02 Å². The van der Waals surface area contributed by atoms with Gasteiger partial charge in [0.15, 0.2) is 11.5 Å². The Morgan fingerprint density at radius 2 is 1.59 bits per heavy atom. The van der Waals surface area contributed by atoms with E-state index in [-0.39, 0.29) is 40.9 Å². The molecule has 1 aliphatic rings. The van der Waals surface area contributed by atoms with E-state index in [0.29, 0.717) is 19.9 Å². The zero-order valence-electron chi connectivity index (χ0n) is 24.5. The molecular formula is C33H26ClIN2O8S. The van der Waals surface area contributed by atoms with Crippen LogP contribution in [0.5, 0.6) is 17.2 Å². The van der Waals surface area contributed by atoms with Crippen LogP contribution in [-0.2, 0) is 26.3 Å². The van der Waals surface area contributed by atoms with Crippen LogP contribution in [0.1, 0.15) is 23.6 Å². The number of carbonyl (C=O) groups excluding carboxylic acids is 3. The number of ether oxygens (including phenoxy) is 2. The van der Waals surface area contributed by atoms with Gasteiger partial charge in [0, 0.05) is 5.02 Å². The van der Waals surface area contributed by atoms with Crippen LogP contribution in [0.15, 0.2) is 95.4 Å². The molecule has 1 heterocycles. The molecule has 0 radical (unpaired) electrons. The molecule has 1 N–H and O–H groups in total. The summed E-state index contributed by atoms with van der Waals surface area (Å²) in [5.74, 6) is -1.19. The summed E-state index contributed by atoms with van der Waals surface area (Å²) in [7, 11) is -4.19. The molecule has 1 saturated heterocycles. The summed E-state index contributed by atoms with van der Waals surface area (Å²) in [6, 6.07) is 21.7. The summed E-state index contributed by atoms with van der Waals surface area (Å²) in [6.07, 6.45) is 1.30. The molecule has 5 rings (SSSR count). The second-order valence-corrected chi connectivity index (χ2v) is 13.1. The van der Waals surface area contributed by atoms with E-state index in [1.165, 1.54) is 42.5 Å². The van der Waals surface area contributed by atoms with E-state index in [0.717, 1.165) is 16.0 Å². The number of hydrogen-bond acceptors (Lipinski definition) is 8. The number of carbonyl (C=O) groups is 3. The van der Waals surface area contributed by atoms with E-state index in [1.54, 1.807) is 43.3 Å². The third kappa shape index (κ3) is 7.52. The first-order valence-corrected chi connectivity index (χ1v) is 16.7. The number of barbiturate groups is 1. The van der Waals surface area contributed by atoms with Gasteiger partial charge in [-0.25, -0.2) is 9.69 Å². The highest BCUT2D eigenvalue weighted by Crippen LogP contribution is 2.37. The molecule has 4 aromatic carbocycles. The Hall–Kier alpha value is -4.40. The van der Waals surface area contributed by atoms with Gasteiger partial charge in [-0.15, -0.1) is 0 Å². The van der Waals surface area contributed by atoms with Crippen LogP contribution in [0, 0.1) is 10.5 Å². The second kappa shape index (κ2) is 13.9. The Kier molecular flexibility index (Phi) is 9.99. The number of urea groups is 1. The number of rotatable bonds is 10. The van der Waals surface area contributed by atoms with E-state index in [2.05, 4.69) is 5.32 Å². The lowest BCUT2D eigenvalue weighted by Crippen LogP contribution is -2.54. The minimum Gasteiger partial charge on any atom is -0.490 e. The van der Waals surface area contributed by atoms with Crippen LogP contribution in [0.25, 0.3) is 6.08 Å². The van der Waals surface area contributed by atoms with Gasteiger partial charge in [-0.2, -0.15) is 8.42 Å². The largest absolute Gasteiger partial charge is 0.490 e.